The number of benzene rings is 2. The number of hydrogen-bond donors (Lipinski definition) is 1. The molecule has 170 valence electrons. The standard InChI is InChI=1S/C25H24N2O5S/c1-16-10-20-12-21(25(29)26-24(20)11-17(16)2)14-27(15-22-7-5-9-32-22)33(30,31)23-8-4-6-19(13-23)18(3)28/h4-13H,14-15H2,1-3H3,(H,26,29). The van der Waals surface area contributed by atoms with Gasteiger partial charge < -0.3 is 9.40 Å². The molecule has 0 amide bonds. The van der Waals surface area contributed by atoms with Crippen LogP contribution in [0.15, 0.2) is 75.0 Å². The van der Waals surface area contributed by atoms with Crippen LogP contribution in [0.2, 0.25) is 0 Å². The monoisotopic (exact) mass is 464 g/mol. The summed E-state index contributed by atoms with van der Waals surface area (Å²) >= 11 is 0. The van der Waals surface area contributed by atoms with Crippen LogP contribution in [0, 0.1) is 13.8 Å². The summed E-state index contributed by atoms with van der Waals surface area (Å²) in [6.45, 7) is 5.10. The Hall–Kier alpha value is -3.49. The van der Waals surface area contributed by atoms with E-state index in [0.717, 1.165) is 16.5 Å². The first-order valence-corrected chi connectivity index (χ1v) is 11.9. The number of hydrogen-bond acceptors (Lipinski definition) is 5. The van der Waals surface area contributed by atoms with Gasteiger partial charge in [-0.25, -0.2) is 8.42 Å². The predicted octanol–water partition coefficient (Wildman–Crippen LogP) is 4.33. The van der Waals surface area contributed by atoms with E-state index in [9.17, 15) is 18.0 Å². The molecule has 0 saturated carbocycles. The Balaban J connectivity index is 1.79. The largest absolute Gasteiger partial charge is 0.468 e. The van der Waals surface area contributed by atoms with Gasteiger partial charge in [0.25, 0.3) is 5.56 Å². The van der Waals surface area contributed by atoms with Crippen LogP contribution in [-0.4, -0.2) is 23.5 Å². The number of nitrogens with zero attached hydrogens (tertiary/aromatic N) is 1. The van der Waals surface area contributed by atoms with Gasteiger partial charge >= 0.3 is 0 Å². The molecule has 2 aromatic carbocycles. The molecule has 0 aliphatic rings. The van der Waals surface area contributed by atoms with E-state index in [1.54, 1.807) is 24.3 Å². The summed E-state index contributed by atoms with van der Waals surface area (Å²) < 4.78 is 33.7. The van der Waals surface area contributed by atoms with E-state index in [1.165, 1.54) is 35.7 Å². The molecule has 4 aromatic rings. The lowest BCUT2D eigenvalue weighted by Crippen LogP contribution is -2.32. The van der Waals surface area contributed by atoms with E-state index in [0.29, 0.717) is 22.4 Å². The molecule has 2 aromatic heterocycles. The second-order valence-corrected chi connectivity index (χ2v) is 10.0. The van der Waals surface area contributed by atoms with Gasteiger partial charge in [0.05, 0.1) is 17.7 Å². The van der Waals surface area contributed by atoms with Crippen molar-refractivity contribution < 1.29 is 17.6 Å². The molecule has 0 atom stereocenters. The van der Waals surface area contributed by atoms with Gasteiger partial charge in [-0.2, -0.15) is 4.31 Å². The van der Waals surface area contributed by atoms with Crippen LogP contribution in [0.5, 0.6) is 0 Å². The fourth-order valence-corrected chi connectivity index (χ4v) is 5.09. The number of aryl methyl sites for hydroxylation is 2. The minimum Gasteiger partial charge on any atom is -0.468 e. The molecular formula is C25H24N2O5S. The molecule has 0 bridgehead atoms. The maximum atomic E-state index is 13.6. The molecule has 0 radical (unpaired) electrons. The Morgan fingerprint density at radius 3 is 2.45 bits per heavy atom. The molecule has 7 nitrogen and oxygen atoms in total. The molecule has 0 spiro atoms. The maximum absolute atomic E-state index is 13.6. The third-order valence-electron chi connectivity index (χ3n) is 5.67. The summed E-state index contributed by atoms with van der Waals surface area (Å²) in [6.07, 6.45) is 1.46. The lowest BCUT2D eigenvalue weighted by molar-refractivity contribution is 0.101. The zero-order valence-corrected chi connectivity index (χ0v) is 19.4. The van der Waals surface area contributed by atoms with Gasteiger partial charge in [-0.1, -0.05) is 12.1 Å². The third-order valence-corrected chi connectivity index (χ3v) is 7.46. The highest BCUT2D eigenvalue weighted by Gasteiger charge is 2.27. The lowest BCUT2D eigenvalue weighted by atomic mass is 10.0. The lowest BCUT2D eigenvalue weighted by Gasteiger charge is -2.21. The molecule has 33 heavy (non-hydrogen) atoms. The first-order chi connectivity index (χ1) is 15.6. The average Bonchev–Trinajstić information content (AvgIpc) is 3.28. The van der Waals surface area contributed by atoms with E-state index in [2.05, 4.69) is 4.98 Å². The highest BCUT2D eigenvalue weighted by atomic mass is 32.2. The third kappa shape index (κ3) is 4.67. The minimum atomic E-state index is -4.05. The van der Waals surface area contributed by atoms with Crippen LogP contribution in [0.4, 0.5) is 0 Å². The van der Waals surface area contributed by atoms with Crippen molar-refractivity contribution in [2.45, 2.75) is 38.8 Å². The summed E-state index contributed by atoms with van der Waals surface area (Å²) in [5.41, 5.74) is 3.07. The molecular weight excluding hydrogens is 440 g/mol. The Bertz CT molecular complexity index is 1500. The Morgan fingerprint density at radius 2 is 1.76 bits per heavy atom. The first-order valence-electron chi connectivity index (χ1n) is 10.4. The summed E-state index contributed by atoms with van der Waals surface area (Å²) in [6, 6.07) is 14.8. The average molecular weight is 465 g/mol. The summed E-state index contributed by atoms with van der Waals surface area (Å²) in [7, 11) is -4.05. The number of sulfonamides is 1. The predicted molar refractivity (Wildman–Crippen MR) is 126 cm³/mol. The van der Waals surface area contributed by atoms with Crippen LogP contribution < -0.4 is 5.56 Å². The van der Waals surface area contributed by atoms with Crippen molar-refractivity contribution in [1.29, 1.82) is 0 Å². The highest BCUT2D eigenvalue weighted by Crippen LogP contribution is 2.23. The van der Waals surface area contributed by atoms with Crippen molar-refractivity contribution >= 4 is 26.7 Å². The van der Waals surface area contributed by atoms with Gasteiger partial charge in [0.2, 0.25) is 10.0 Å². The molecule has 8 heteroatoms. The molecule has 2 heterocycles. The SMILES string of the molecule is CC(=O)c1cccc(S(=O)(=O)N(Cc2ccco2)Cc2cc3cc(C)c(C)cc3[nH]c2=O)c1. The molecule has 4 rings (SSSR count). The molecule has 0 aliphatic carbocycles. The minimum absolute atomic E-state index is 0.0227. The van der Waals surface area contributed by atoms with Crippen LogP contribution in [0.3, 0.4) is 0 Å². The molecule has 0 aliphatic heterocycles. The zero-order valence-electron chi connectivity index (χ0n) is 18.6. The molecule has 0 fully saturated rings. The smallest absolute Gasteiger partial charge is 0.252 e. The zero-order chi connectivity index (χ0) is 23.8. The fourth-order valence-electron chi connectivity index (χ4n) is 3.66. The number of Topliss-reactive ketones (excluding diaryl/α,β-unsaturated/α-hetero) is 1. The second-order valence-electron chi connectivity index (χ2n) is 8.08. The first kappa shape index (κ1) is 22.7. The van der Waals surface area contributed by atoms with Crippen LogP contribution in [0.25, 0.3) is 10.9 Å². The van der Waals surface area contributed by atoms with Gasteiger partial charge in [0, 0.05) is 23.2 Å². The summed E-state index contributed by atoms with van der Waals surface area (Å²) in [4.78, 5) is 27.5. The normalized spacial score (nSPS) is 11.9. The number of H-pyrrole nitrogens is 1. The molecule has 0 saturated heterocycles. The van der Waals surface area contributed by atoms with Crippen molar-refractivity contribution in [1.82, 2.24) is 9.29 Å². The summed E-state index contributed by atoms with van der Waals surface area (Å²) in [5.74, 6) is 0.200. The number of aromatic amines is 1. The van der Waals surface area contributed by atoms with E-state index >= 15 is 0 Å². The number of pyridine rings is 1. The Kier molecular flexibility index (Phi) is 6.05. The van der Waals surface area contributed by atoms with E-state index in [4.69, 9.17) is 4.42 Å². The number of carbonyl (C=O) groups excluding carboxylic acids is 1. The van der Waals surface area contributed by atoms with Crippen LogP contribution in [0.1, 0.15) is 39.7 Å². The van der Waals surface area contributed by atoms with Crippen molar-refractivity contribution in [2.24, 2.45) is 0 Å². The van der Waals surface area contributed by atoms with E-state index in [-0.39, 0.29) is 29.3 Å². The van der Waals surface area contributed by atoms with Crippen molar-refractivity contribution in [3.8, 4) is 0 Å². The molecule has 1 N–H and O–H groups in total. The van der Waals surface area contributed by atoms with Crippen LogP contribution >= 0.6 is 0 Å². The number of ketones is 1. The summed E-state index contributed by atoms with van der Waals surface area (Å²) in [5, 5.41) is 0.821. The molecule has 0 unspecified atom stereocenters. The van der Waals surface area contributed by atoms with Gasteiger partial charge in [-0.15, -0.1) is 0 Å². The van der Waals surface area contributed by atoms with Crippen LogP contribution in [-0.2, 0) is 23.1 Å². The fraction of sp³-hybridized carbons (Fsp3) is 0.200. The quantitative estimate of drug-likeness (QED) is 0.410. The number of aromatic nitrogens is 1. The van der Waals surface area contributed by atoms with Gasteiger partial charge in [0.1, 0.15) is 5.76 Å². The van der Waals surface area contributed by atoms with E-state index in [1.807, 2.05) is 26.0 Å². The van der Waals surface area contributed by atoms with Gasteiger partial charge in [0.15, 0.2) is 5.78 Å². The second kappa shape index (κ2) is 8.80. The van der Waals surface area contributed by atoms with Crippen molar-refractivity contribution in [3.63, 3.8) is 0 Å². The number of carbonyl (C=O) groups is 1. The number of rotatable bonds is 7. The van der Waals surface area contributed by atoms with Crippen molar-refractivity contribution in [2.75, 3.05) is 0 Å². The Morgan fingerprint density at radius 1 is 1.00 bits per heavy atom. The van der Waals surface area contributed by atoms with Gasteiger partial charge in [-0.3, -0.25) is 9.59 Å². The van der Waals surface area contributed by atoms with Crippen molar-refractivity contribution in [3.05, 3.63) is 99.2 Å². The van der Waals surface area contributed by atoms with Gasteiger partial charge in [-0.05, 0) is 79.7 Å². The number of furan rings is 1. The topological polar surface area (TPSA) is 100 Å². The van der Waals surface area contributed by atoms with E-state index < -0.39 is 10.0 Å². The number of fused-ring (bicyclic) bond motifs is 1. The Labute approximate surface area is 191 Å². The number of nitrogens with one attached hydrogen (secondary N) is 1. The maximum Gasteiger partial charge on any atom is 0.252 e. The highest BCUT2D eigenvalue weighted by molar-refractivity contribution is 7.89.